The molecule has 2 N–H and O–H groups in total. The Morgan fingerprint density at radius 3 is 2.47 bits per heavy atom. The van der Waals surface area contributed by atoms with Gasteiger partial charge in [0.1, 0.15) is 5.75 Å². The normalized spacial score (nSPS) is 13.2. The average Bonchev–Trinajstić information content (AvgIpc) is 2.20. The van der Waals surface area contributed by atoms with E-state index in [0.29, 0.717) is 5.56 Å². The first-order chi connectivity index (χ1) is 7.71. The van der Waals surface area contributed by atoms with Crippen molar-refractivity contribution < 1.29 is 9.90 Å². The van der Waals surface area contributed by atoms with Crippen molar-refractivity contribution >= 4 is 5.91 Å². The molecular weight excluding hydrogens is 214 g/mol. The van der Waals surface area contributed by atoms with Crippen LogP contribution in [0, 0.1) is 12.3 Å². The predicted octanol–water partition coefficient (Wildman–Crippen LogP) is 2.87. The van der Waals surface area contributed by atoms with E-state index in [1.54, 1.807) is 18.2 Å². The topological polar surface area (TPSA) is 49.3 Å². The van der Waals surface area contributed by atoms with Gasteiger partial charge in [-0.2, -0.15) is 0 Å². The molecule has 0 saturated carbocycles. The van der Waals surface area contributed by atoms with Crippen LogP contribution in [0.2, 0.25) is 0 Å². The Bertz CT molecular complexity index is 419. The quantitative estimate of drug-likeness (QED) is 0.828. The Balaban J connectivity index is 2.87. The first-order valence-electron chi connectivity index (χ1n) is 5.82. The van der Waals surface area contributed by atoms with Crippen LogP contribution in [0.3, 0.4) is 0 Å². The van der Waals surface area contributed by atoms with E-state index in [2.05, 4.69) is 26.1 Å². The van der Waals surface area contributed by atoms with Crippen LogP contribution in [-0.4, -0.2) is 17.1 Å². The fourth-order valence-electron chi connectivity index (χ4n) is 1.32. The standard InChI is InChI=1S/C14H21NO2/c1-9-6-7-12(16)11(8-9)13(17)15-10(2)14(3,4)5/h6-8,10,16H,1-5H3,(H,15,17). The van der Waals surface area contributed by atoms with Crippen LogP contribution < -0.4 is 5.32 Å². The highest BCUT2D eigenvalue weighted by Gasteiger charge is 2.23. The Labute approximate surface area is 103 Å². The molecule has 3 heteroatoms. The van der Waals surface area contributed by atoms with E-state index >= 15 is 0 Å². The second-order valence-corrected chi connectivity index (χ2v) is 5.58. The van der Waals surface area contributed by atoms with Gasteiger partial charge in [0.15, 0.2) is 0 Å². The fourth-order valence-corrected chi connectivity index (χ4v) is 1.32. The lowest BCUT2D eigenvalue weighted by Crippen LogP contribution is -2.41. The SMILES string of the molecule is Cc1ccc(O)c(C(=O)NC(C)C(C)(C)C)c1. The molecule has 1 rings (SSSR count). The molecule has 0 aromatic heterocycles. The number of benzene rings is 1. The van der Waals surface area contributed by atoms with Crippen molar-refractivity contribution in [1.82, 2.24) is 5.32 Å². The number of aryl methyl sites for hydroxylation is 1. The van der Waals surface area contributed by atoms with Crippen molar-refractivity contribution in [3.8, 4) is 5.75 Å². The molecule has 0 saturated heterocycles. The number of amides is 1. The van der Waals surface area contributed by atoms with E-state index in [-0.39, 0.29) is 23.1 Å². The molecule has 0 aliphatic rings. The van der Waals surface area contributed by atoms with Crippen molar-refractivity contribution in [2.75, 3.05) is 0 Å². The van der Waals surface area contributed by atoms with E-state index in [4.69, 9.17) is 0 Å². The number of hydrogen-bond acceptors (Lipinski definition) is 2. The van der Waals surface area contributed by atoms with Crippen molar-refractivity contribution in [3.05, 3.63) is 29.3 Å². The van der Waals surface area contributed by atoms with Gasteiger partial charge in [0, 0.05) is 6.04 Å². The summed E-state index contributed by atoms with van der Waals surface area (Å²) >= 11 is 0. The number of hydrogen-bond donors (Lipinski definition) is 2. The second-order valence-electron chi connectivity index (χ2n) is 5.58. The molecule has 1 aromatic carbocycles. The van der Waals surface area contributed by atoms with Gasteiger partial charge < -0.3 is 10.4 Å². The number of phenolic OH excluding ortho intramolecular Hbond substituents is 1. The lowest BCUT2D eigenvalue weighted by molar-refractivity contribution is 0.0907. The zero-order chi connectivity index (χ0) is 13.2. The summed E-state index contributed by atoms with van der Waals surface area (Å²) in [6.07, 6.45) is 0. The number of carbonyl (C=O) groups excluding carboxylic acids is 1. The number of carbonyl (C=O) groups is 1. The van der Waals surface area contributed by atoms with Crippen molar-refractivity contribution in [2.24, 2.45) is 5.41 Å². The average molecular weight is 235 g/mol. The number of nitrogens with one attached hydrogen (secondary N) is 1. The third-order valence-corrected chi connectivity index (χ3v) is 3.04. The smallest absolute Gasteiger partial charge is 0.255 e. The first kappa shape index (κ1) is 13.6. The minimum absolute atomic E-state index is 0.00486. The first-order valence-corrected chi connectivity index (χ1v) is 5.82. The van der Waals surface area contributed by atoms with Gasteiger partial charge in [0.2, 0.25) is 0 Å². The number of rotatable bonds is 2. The molecule has 0 fully saturated rings. The molecule has 0 radical (unpaired) electrons. The van der Waals surface area contributed by atoms with Crippen LogP contribution >= 0.6 is 0 Å². The maximum atomic E-state index is 12.0. The summed E-state index contributed by atoms with van der Waals surface area (Å²) in [5.74, 6) is -0.206. The fraction of sp³-hybridized carbons (Fsp3) is 0.500. The molecule has 94 valence electrons. The molecule has 3 nitrogen and oxygen atoms in total. The van der Waals surface area contributed by atoms with E-state index in [0.717, 1.165) is 5.56 Å². The van der Waals surface area contributed by atoms with Gasteiger partial charge in [0.25, 0.3) is 5.91 Å². The molecule has 0 aliphatic carbocycles. The summed E-state index contributed by atoms with van der Waals surface area (Å²) in [6, 6.07) is 5.06. The van der Waals surface area contributed by atoms with Gasteiger partial charge >= 0.3 is 0 Å². The Kier molecular flexibility index (Phi) is 3.81. The van der Waals surface area contributed by atoms with Crippen LogP contribution in [0.15, 0.2) is 18.2 Å². The van der Waals surface area contributed by atoms with Crippen LogP contribution in [0.4, 0.5) is 0 Å². The highest BCUT2D eigenvalue weighted by Crippen LogP contribution is 2.21. The van der Waals surface area contributed by atoms with Crippen LogP contribution in [0.1, 0.15) is 43.6 Å². The molecule has 0 spiro atoms. The van der Waals surface area contributed by atoms with E-state index in [9.17, 15) is 9.90 Å². The predicted molar refractivity (Wildman–Crippen MR) is 69.2 cm³/mol. The van der Waals surface area contributed by atoms with Gasteiger partial charge in [-0.3, -0.25) is 4.79 Å². The zero-order valence-electron chi connectivity index (χ0n) is 11.2. The van der Waals surface area contributed by atoms with Gasteiger partial charge in [0.05, 0.1) is 5.56 Å². The lowest BCUT2D eigenvalue weighted by Gasteiger charge is -2.28. The molecule has 0 bridgehead atoms. The summed E-state index contributed by atoms with van der Waals surface area (Å²) < 4.78 is 0. The minimum Gasteiger partial charge on any atom is -0.507 e. The Morgan fingerprint density at radius 2 is 1.94 bits per heavy atom. The molecule has 17 heavy (non-hydrogen) atoms. The number of phenols is 1. The van der Waals surface area contributed by atoms with Crippen molar-refractivity contribution in [1.29, 1.82) is 0 Å². The molecule has 1 amide bonds. The molecule has 0 aliphatic heterocycles. The number of aromatic hydroxyl groups is 1. The van der Waals surface area contributed by atoms with Crippen LogP contribution in [0.5, 0.6) is 5.75 Å². The Morgan fingerprint density at radius 1 is 1.35 bits per heavy atom. The summed E-state index contributed by atoms with van der Waals surface area (Å²) in [4.78, 5) is 12.0. The lowest BCUT2D eigenvalue weighted by atomic mass is 9.88. The molecular formula is C14H21NO2. The van der Waals surface area contributed by atoms with E-state index in [1.165, 1.54) is 0 Å². The minimum atomic E-state index is -0.228. The van der Waals surface area contributed by atoms with Gasteiger partial charge in [-0.1, -0.05) is 32.4 Å². The van der Waals surface area contributed by atoms with Gasteiger partial charge in [-0.15, -0.1) is 0 Å². The monoisotopic (exact) mass is 235 g/mol. The summed E-state index contributed by atoms with van der Waals surface area (Å²) in [7, 11) is 0. The van der Waals surface area contributed by atoms with Gasteiger partial charge in [-0.25, -0.2) is 0 Å². The molecule has 1 atom stereocenters. The highest BCUT2D eigenvalue weighted by molar-refractivity contribution is 5.97. The highest BCUT2D eigenvalue weighted by atomic mass is 16.3. The van der Waals surface area contributed by atoms with E-state index in [1.807, 2.05) is 13.8 Å². The molecule has 0 heterocycles. The summed E-state index contributed by atoms with van der Waals surface area (Å²) in [6.45, 7) is 10.0. The maximum Gasteiger partial charge on any atom is 0.255 e. The second kappa shape index (κ2) is 4.78. The summed E-state index contributed by atoms with van der Waals surface area (Å²) in [5.41, 5.74) is 1.28. The van der Waals surface area contributed by atoms with Crippen LogP contribution in [-0.2, 0) is 0 Å². The zero-order valence-corrected chi connectivity index (χ0v) is 11.2. The largest absolute Gasteiger partial charge is 0.507 e. The van der Waals surface area contributed by atoms with Crippen LogP contribution in [0.25, 0.3) is 0 Å². The van der Waals surface area contributed by atoms with Gasteiger partial charge in [-0.05, 0) is 31.4 Å². The maximum absolute atomic E-state index is 12.0. The molecule has 1 unspecified atom stereocenters. The van der Waals surface area contributed by atoms with E-state index < -0.39 is 0 Å². The third-order valence-electron chi connectivity index (χ3n) is 3.04. The van der Waals surface area contributed by atoms with Crippen molar-refractivity contribution in [2.45, 2.75) is 40.7 Å². The summed E-state index contributed by atoms with van der Waals surface area (Å²) in [5, 5.41) is 12.6. The van der Waals surface area contributed by atoms with Crippen molar-refractivity contribution in [3.63, 3.8) is 0 Å². The molecule has 1 aromatic rings. The third kappa shape index (κ3) is 3.48. The Hall–Kier alpha value is -1.51.